The third-order valence-electron chi connectivity index (χ3n) is 4.23. The predicted octanol–water partition coefficient (Wildman–Crippen LogP) is 3.85. The Morgan fingerprint density at radius 3 is 2.81 bits per heavy atom. The van der Waals surface area contributed by atoms with Crippen LogP contribution in [-0.4, -0.2) is 31.8 Å². The molecule has 2 aromatic carbocycles. The summed E-state index contributed by atoms with van der Waals surface area (Å²) in [5.74, 6) is 0.124. The van der Waals surface area contributed by atoms with Crippen LogP contribution >= 0.6 is 11.8 Å². The molecule has 0 aliphatic carbocycles. The molecule has 0 unspecified atom stereocenters. The van der Waals surface area contributed by atoms with Gasteiger partial charge in [-0.3, -0.25) is 4.79 Å². The van der Waals surface area contributed by atoms with Gasteiger partial charge in [0, 0.05) is 16.6 Å². The van der Waals surface area contributed by atoms with Gasteiger partial charge in [0.1, 0.15) is 5.52 Å². The summed E-state index contributed by atoms with van der Waals surface area (Å²) in [6, 6.07) is 13.7. The van der Waals surface area contributed by atoms with Crippen molar-refractivity contribution >= 4 is 45.4 Å². The van der Waals surface area contributed by atoms with Gasteiger partial charge >= 0.3 is 0 Å². The Hall–Kier alpha value is -2.93. The highest BCUT2D eigenvalue weighted by molar-refractivity contribution is 7.99. The molecule has 0 aliphatic heterocycles. The number of para-hydroxylation sites is 1. The molecule has 2 aromatic heterocycles. The van der Waals surface area contributed by atoms with Crippen molar-refractivity contribution in [2.24, 2.45) is 0 Å². The van der Waals surface area contributed by atoms with Crippen molar-refractivity contribution in [3.8, 4) is 0 Å². The summed E-state index contributed by atoms with van der Waals surface area (Å²) >= 11 is 1.26. The van der Waals surface area contributed by atoms with Gasteiger partial charge in [0.05, 0.1) is 5.75 Å². The number of hydrogen-bond acceptors (Lipinski definition) is 5. The Bertz CT molecular complexity index is 1120. The van der Waals surface area contributed by atoms with E-state index in [4.69, 9.17) is 0 Å². The molecule has 2 heterocycles. The van der Waals surface area contributed by atoms with Crippen molar-refractivity contribution < 1.29 is 4.79 Å². The minimum absolute atomic E-state index is 0.0985. The first-order valence-electron chi connectivity index (χ1n) is 8.21. The number of aromatic amines is 1. The van der Waals surface area contributed by atoms with Gasteiger partial charge in [0.2, 0.25) is 11.1 Å². The molecule has 4 aromatic rings. The lowest BCUT2D eigenvalue weighted by atomic mass is 10.1. The highest BCUT2D eigenvalue weighted by Crippen LogP contribution is 2.23. The predicted molar refractivity (Wildman–Crippen MR) is 104 cm³/mol. The number of anilines is 1. The second-order valence-electron chi connectivity index (χ2n) is 6.10. The molecule has 0 saturated heterocycles. The fourth-order valence-corrected chi connectivity index (χ4v) is 3.30. The summed E-state index contributed by atoms with van der Waals surface area (Å²) < 4.78 is 0. The number of amides is 1. The van der Waals surface area contributed by atoms with Crippen molar-refractivity contribution in [2.75, 3.05) is 11.1 Å². The van der Waals surface area contributed by atoms with Crippen LogP contribution in [0.4, 0.5) is 5.69 Å². The largest absolute Gasteiger partial charge is 0.338 e. The highest BCUT2D eigenvalue weighted by atomic mass is 32.2. The smallest absolute Gasteiger partial charge is 0.234 e. The maximum Gasteiger partial charge on any atom is 0.234 e. The lowest BCUT2D eigenvalue weighted by molar-refractivity contribution is -0.113. The zero-order valence-corrected chi connectivity index (χ0v) is 15.2. The molecule has 2 N–H and O–H groups in total. The first-order valence-corrected chi connectivity index (χ1v) is 9.20. The molecule has 1 amide bonds. The van der Waals surface area contributed by atoms with Gasteiger partial charge in [-0.05, 0) is 43.2 Å². The zero-order valence-electron chi connectivity index (χ0n) is 14.4. The normalized spacial score (nSPS) is 11.2. The molecule has 0 spiro atoms. The summed E-state index contributed by atoms with van der Waals surface area (Å²) in [5.41, 5.74) is 5.53. The first kappa shape index (κ1) is 16.5. The van der Waals surface area contributed by atoms with E-state index in [1.165, 1.54) is 17.3 Å². The van der Waals surface area contributed by atoms with Gasteiger partial charge in [-0.1, -0.05) is 36.0 Å². The number of fused-ring (bicyclic) bond motifs is 3. The fourth-order valence-electron chi connectivity index (χ4n) is 2.71. The Morgan fingerprint density at radius 1 is 1.12 bits per heavy atom. The number of carbonyl (C=O) groups excluding carboxylic acids is 1. The number of aromatic nitrogens is 4. The van der Waals surface area contributed by atoms with Crippen molar-refractivity contribution in [1.82, 2.24) is 20.2 Å². The number of hydrogen-bond donors (Lipinski definition) is 2. The van der Waals surface area contributed by atoms with E-state index in [9.17, 15) is 4.79 Å². The molecule has 7 heteroatoms. The minimum Gasteiger partial charge on any atom is -0.338 e. The zero-order chi connectivity index (χ0) is 18.1. The van der Waals surface area contributed by atoms with E-state index < -0.39 is 0 Å². The summed E-state index contributed by atoms with van der Waals surface area (Å²) in [7, 11) is 0. The van der Waals surface area contributed by atoms with E-state index >= 15 is 0 Å². The average molecular weight is 363 g/mol. The van der Waals surface area contributed by atoms with Crippen LogP contribution in [0.15, 0.2) is 47.6 Å². The molecule has 6 nitrogen and oxygen atoms in total. The van der Waals surface area contributed by atoms with Gasteiger partial charge in [-0.2, -0.15) is 0 Å². The number of H-pyrrole nitrogens is 1. The molecule has 0 bridgehead atoms. The second-order valence-corrected chi connectivity index (χ2v) is 7.04. The van der Waals surface area contributed by atoms with Crippen LogP contribution in [0.3, 0.4) is 0 Å². The van der Waals surface area contributed by atoms with Crippen molar-refractivity contribution in [3.05, 3.63) is 53.6 Å². The van der Waals surface area contributed by atoms with E-state index in [-0.39, 0.29) is 11.7 Å². The third-order valence-corrected chi connectivity index (χ3v) is 5.06. The lowest BCUT2D eigenvalue weighted by Crippen LogP contribution is -2.14. The van der Waals surface area contributed by atoms with Crippen LogP contribution in [0.2, 0.25) is 0 Å². The van der Waals surface area contributed by atoms with Gasteiger partial charge < -0.3 is 10.3 Å². The van der Waals surface area contributed by atoms with Crippen molar-refractivity contribution in [2.45, 2.75) is 19.0 Å². The van der Waals surface area contributed by atoms with E-state index in [1.807, 2.05) is 56.3 Å². The number of nitrogens with zero attached hydrogens (tertiary/aromatic N) is 3. The molecule has 0 radical (unpaired) electrons. The van der Waals surface area contributed by atoms with E-state index in [1.54, 1.807) is 0 Å². The molecule has 0 saturated carbocycles. The lowest BCUT2D eigenvalue weighted by Gasteiger charge is -2.07. The molecule has 0 atom stereocenters. The van der Waals surface area contributed by atoms with Crippen LogP contribution < -0.4 is 5.32 Å². The topological polar surface area (TPSA) is 83.6 Å². The minimum atomic E-state index is -0.0985. The first-order chi connectivity index (χ1) is 12.6. The molecule has 0 fully saturated rings. The maximum absolute atomic E-state index is 12.2. The Balaban J connectivity index is 1.46. The van der Waals surface area contributed by atoms with Crippen LogP contribution in [0.25, 0.3) is 22.1 Å². The Labute approximate surface area is 154 Å². The number of benzene rings is 2. The summed E-state index contributed by atoms with van der Waals surface area (Å²) in [5, 5.41) is 12.8. The molecular formula is C19H17N5OS. The second kappa shape index (κ2) is 6.76. The van der Waals surface area contributed by atoms with E-state index in [0.29, 0.717) is 10.8 Å². The molecule has 26 heavy (non-hydrogen) atoms. The van der Waals surface area contributed by atoms with Crippen LogP contribution in [-0.2, 0) is 4.79 Å². The van der Waals surface area contributed by atoms with Crippen LogP contribution in [0, 0.1) is 13.8 Å². The van der Waals surface area contributed by atoms with E-state index in [0.717, 1.165) is 27.7 Å². The Kier molecular flexibility index (Phi) is 4.30. The number of rotatable bonds is 4. The molecule has 0 aliphatic rings. The summed E-state index contributed by atoms with van der Waals surface area (Å²) in [6.45, 7) is 4.07. The Morgan fingerprint density at radius 2 is 1.96 bits per heavy atom. The molecule has 4 rings (SSSR count). The number of carbonyl (C=O) groups is 1. The standard InChI is InChI=1S/C19H17N5OS/c1-11-7-8-13(9-12(11)2)20-16(25)10-26-19-22-18-17(23-24-19)14-5-3-4-6-15(14)21-18/h3-9H,10H2,1-2H3,(H,20,25)(H,21,22,24). The monoisotopic (exact) mass is 363 g/mol. The quantitative estimate of drug-likeness (QED) is 0.538. The molecular weight excluding hydrogens is 346 g/mol. The third kappa shape index (κ3) is 3.25. The van der Waals surface area contributed by atoms with Gasteiger partial charge in [-0.25, -0.2) is 4.98 Å². The van der Waals surface area contributed by atoms with Crippen molar-refractivity contribution in [1.29, 1.82) is 0 Å². The van der Waals surface area contributed by atoms with Crippen LogP contribution in [0.1, 0.15) is 11.1 Å². The van der Waals surface area contributed by atoms with E-state index in [2.05, 4.69) is 25.5 Å². The summed E-state index contributed by atoms with van der Waals surface area (Å²) in [6.07, 6.45) is 0. The highest BCUT2D eigenvalue weighted by Gasteiger charge is 2.11. The number of nitrogens with one attached hydrogen (secondary N) is 2. The maximum atomic E-state index is 12.2. The SMILES string of the molecule is Cc1ccc(NC(=O)CSc2nnc3c(n2)[nH]c2ccccc23)cc1C. The fraction of sp³-hybridized carbons (Fsp3) is 0.158. The van der Waals surface area contributed by atoms with Crippen molar-refractivity contribution in [3.63, 3.8) is 0 Å². The van der Waals surface area contributed by atoms with Gasteiger partial charge in [-0.15, -0.1) is 10.2 Å². The molecule has 130 valence electrons. The van der Waals surface area contributed by atoms with Crippen LogP contribution in [0.5, 0.6) is 0 Å². The number of thioether (sulfide) groups is 1. The average Bonchev–Trinajstić information content (AvgIpc) is 3.01. The van der Waals surface area contributed by atoms with Gasteiger partial charge in [0.25, 0.3) is 0 Å². The van der Waals surface area contributed by atoms with Gasteiger partial charge in [0.15, 0.2) is 5.65 Å². The summed E-state index contributed by atoms with van der Waals surface area (Å²) in [4.78, 5) is 19.9. The number of aryl methyl sites for hydroxylation is 2.